The molecule has 2 unspecified atom stereocenters. The summed E-state index contributed by atoms with van der Waals surface area (Å²) in [4.78, 5) is 29.3. The minimum Gasteiger partial charge on any atom is -0.492 e. The molecule has 51 heavy (non-hydrogen) atoms. The Bertz CT molecular complexity index is 1770. The van der Waals surface area contributed by atoms with Gasteiger partial charge in [0.1, 0.15) is 18.0 Å². The van der Waals surface area contributed by atoms with Gasteiger partial charge in [0.25, 0.3) is 5.91 Å². The van der Waals surface area contributed by atoms with Crippen LogP contribution < -0.4 is 25.0 Å². The number of hydrogen-bond donors (Lipinski definition) is 2. The SMILES string of the molecule is COc1c(OCCCNCc2ccccc2)cccc1C1OC(CC(=O)NCc2ccccc2F)C(=O)N(CC(C)(C)C)c2ccc(Cl)cc21.Cl. The third-order valence-corrected chi connectivity index (χ3v) is 8.50. The van der Waals surface area contributed by atoms with E-state index in [1.54, 1.807) is 42.3 Å². The third kappa shape index (κ3) is 10.7. The van der Waals surface area contributed by atoms with Gasteiger partial charge in [0.15, 0.2) is 11.5 Å². The van der Waals surface area contributed by atoms with Gasteiger partial charge in [-0.05, 0) is 54.3 Å². The van der Waals surface area contributed by atoms with Gasteiger partial charge in [-0.2, -0.15) is 0 Å². The monoisotopic (exact) mass is 737 g/mol. The molecule has 0 bridgehead atoms. The summed E-state index contributed by atoms with van der Waals surface area (Å²) >= 11 is 6.57. The summed E-state index contributed by atoms with van der Waals surface area (Å²) in [6.45, 7) is 8.44. The van der Waals surface area contributed by atoms with Gasteiger partial charge >= 0.3 is 0 Å². The van der Waals surface area contributed by atoms with Crippen molar-refractivity contribution in [2.24, 2.45) is 5.41 Å². The summed E-state index contributed by atoms with van der Waals surface area (Å²) in [7, 11) is 1.56. The van der Waals surface area contributed by atoms with E-state index in [2.05, 4.69) is 22.8 Å². The van der Waals surface area contributed by atoms with Crippen LogP contribution in [0, 0.1) is 11.2 Å². The van der Waals surface area contributed by atoms with Crippen LogP contribution in [0.25, 0.3) is 0 Å². The summed E-state index contributed by atoms with van der Waals surface area (Å²) in [6, 6.07) is 27.3. The minimum absolute atomic E-state index is 0. The number of halogens is 3. The van der Waals surface area contributed by atoms with E-state index in [9.17, 15) is 14.0 Å². The Hall–Kier alpha value is -4.15. The lowest BCUT2D eigenvalue weighted by Crippen LogP contribution is -2.45. The summed E-state index contributed by atoms with van der Waals surface area (Å²) < 4.78 is 33.1. The van der Waals surface area contributed by atoms with E-state index >= 15 is 0 Å². The van der Waals surface area contributed by atoms with Crippen LogP contribution in [0.2, 0.25) is 5.02 Å². The molecule has 8 nitrogen and oxygen atoms in total. The number of fused-ring (bicyclic) bond motifs is 1. The molecule has 0 saturated heterocycles. The average molecular weight is 739 g/mol. The standard InChI is InChI=1S/C40H45ClFN3O5.ClH/c1-40(2,3)26-45-33-19-18-29(41)22-31(33)37(50-35(39(45)47)23-36(46)44-25-28-14-8-9-16-32(28)42)30-15-10-17-34(38(30)48-4)49-21-11-20-43-24-27-12-6-5-7-13-27;/h5-10,12-19,22,35,37,43H,11,20-21,23-26H2,1-4H3,(H,44,46);1H. The van der Waals surface area contributed by atoms with E-state index in [1.807, 2.05) is 63.2 Å². The maximum atomic E-state index is 14.3. The lowest BCUT2D eigenvalue weighted by Gasteiger charge is -2.31. The van der Waals surface area contributed by atoms with Crippen LogP contribution >= 0.6 is 24.0 Å². The maximum Gasteiger partial charge on any atom is 0.256 e. The van der Waals surface area contributed by atoms with Crippen molar-refractivity contribution in [2.75, 3.05) is 31.7 Å². The number of benzene rings is 4. The third-order valence-electron chi connectivity index (χ3n) is 8.27. The molecule has 0 fully saturated rings. The number of anilines is 1. The molecule has 5 rings (SSSR count). The number of hydrogen-bond acceptors (Lipinski definition) is 6. The Morgan fingerprint density at radius 2 is 1.71 bits per heavy atom. The predicted molar refractivity (Wildman–Crippen MR) is 201 cm³/mol. The number of nitrogens with one attached hydrogen (secondary N) is 2. The first-order valence-electron chi connectivity index (χ1n) is 16.8. The molecule has 11 heteroatoms. The molecule has 1 aliphatic rings. The van der Waals surface area contributed by atoms with E-state index in [4.69, 9.17) is 25.8 Å². The molecule has 0 aliphatic carbocycles. The zero-order valence-corrected chi connectivity index (χ0v) is 31.0. The van der Waals surface area contributed by atoms with Crippen molar-refractivity contribution >= 4 is 41.5 Å². The lowest BCUT2D eigenvalue weighted by atomic mass is 9.94. The first kappa shape index (κ1) is 39.6. The second-order valence-corrected chi connectivity index (χ2v) is 13.9. The van der Waals surface area contributed by atoms with Crippen LogP contribution in [-0.4, -0.2) is 44.7 Å². The highest BCUT2D eigenvalue weighted by Gasteiger charge is 2.40. The molecule has 0 radical (unpaired) electrons. The van der Waals surface area contributed by atoms with Crippen molar-refractivity contribution in [3.8, 4) is 11.5 Å². The van der Waals surface area contributed by atoms with Gasteiger partial charge in [0.2, 0.25) is 5.91 Å². The first-order chi connectivity index (χ1) is 24.0. The molecule has 2 atom stereocenters. The van der Waals surface area contributed by atoms with Gasteiger partial charge in [-0.25, -0.2) is 4.39 Å². The number of carbonyl (C=O) groups excluding carboxylic acids is 2. The molecule has 272 valence electrons. The van der Waals surface area contributed by atoms with Crippen LogP contribution in [0.5, 0.6) is 11.5 Å². The molecular formula is C40H46Cl2FN3O5. The van der Waals surface area contributed by atoms with Crippen LogP contribution in [0.15, 0.2) is 91.0 Å². The van der Waals surface area contributed by atoms with E-state index in [1.165, 1.54) is 11.6 Å². The Morgan fingerprint density at radius 3 is 2.43 bits per heavy atom. The molecule has 0 aromatic heterocycles. The fourth-order valence-corrected chi connectivity index (χ4v) is 6.12. The van der Waals surface area contributed by atoms with Crippen LogP contribution in [0.4, 0.5) is 10.1 Å². The van der Waals surface area contributed by atoms with E-state index < -0.39 is 23.9 Å². The smallest absolute Gasteiger partial charge is 0.256 e. The fraction of sp³-hybridized carbons (Fsp3) is 0.350. The quantitative estimate of drug-likeness (QED) is 0.127. The van der Waals surface area contributed by atoms with Crippen LogP contribution in [0.1, 0.15) is 62.0 Å². The molecule has 4 aromatic carbocycles. The molecule has 0 saturated carbocycles. The Morgan fingerprint density at radius 1 is 0.961 bits per heavy atom. The highest BCUT2D eigenvalue weighted by molar-refractivity contribution is 6.30. The van der Waals surface area contributed by atoms with Gasteiger partial charge in [0.05, 0.1) is 20.1 Å². The largest absolute Gasteiger partial charge is 0.492 e. The molecule has 2 N–H and O–H groups in total. The van der Waals surface area contributed by atoms with Crippen LogP contribution in [0.3, 0.4) is 0 Å². The first-order valence-corrected chi connectivity index (χ1v) is 17.2. The van der Waals surface area contributed by atoms with Gasteiger partial charge in [-0.1, -0.05) is 93.0 Å². The van der Waals surface area contributed by atoms with Crippen molar-refractivity contribution in [3.63, 3.8) is 0 Å². The summed E-state index contributed by atoms with van der Waals surface area (Å²) in [5, 5.41) is 6.66. The zero-order chi connectivity index (χ0) is 35.7. The summed E-state index contributed by atoms with van der Waals surface area (Å²) in [6.07, 6.45) is -1.52. The number of methoxy groups -OCH3 is 1. The van der Waals surface area contributed by atoms with Crippen molar-refractivity contribution in [2.45, 2.75) is 58.9 Å². The van der Waals surface area contributed by atoms with Gasteiger partial charge in [-0.15, -0.1) is 12.4 Å². The number of ether oxygens (including phenoxy) is 3. The van der Waals surface area contributed by atoms with Gasteiger partial charge in [0, 0.05) is 47.0 Å². The number of rotatable bonds is 14. The summed E-state index contributed by atoms with van der Waals surface area (Å²) in [5.41, 5.74) is 3.18. The fourth-order valence-electron chi connectivity index (χ4n) is 5.94. The Kier molecular flexibility index (Phi) is 14.3. The van der Waals surface area contributed by atoms with Gasteiger partial charge in [-0.3, -0.25) is 9.59 Å². The Balaban J connectivity index is 0.00000583. The number of amides is 2. The molecular weight excluding hydrogens is 692 g/mol. The second kappa shape index (κ2) is 18.4. The van der Waals surface area contributed by atoms with E-state index in [0.29, 0.717) is 52.1 Å². The van der Waals surface area contributed by atoms with Crippen molar-refractivity contribution < 1.29 is 28.2 Å². The Labute approximate surface area is 311 Å². The number of nitrogens with zero attached hydrogens (tertiary/aromatic N) is 1. The normalized spacial score (nSPS) is 15.7. The van der Waals surface area contributed by atoms with Crippen molar-refractivity contribution in [3.05, 3.63) is 124 Å². The zero-order valence-electron chi connectivity index (χ0n) is 29.4. The molecule has 0 spiro atoms. The van der Waals surface area contributed by atoms with Crippen LogP contribution in [-0.2, 0) is 27.4 Å². The van der Waals surface area contributed by atoms with E-state index in [0.717, 1.165) is 19.5 Å². The number of para-hydroxylation sites is 1. The predicted octanol–water partition coefficient (Wildman–Crippen LogP) is 8.04. The highest BCUT2D eigenvalue weighted by Crippen LogP contribution is 2.45. The molecule has 1 aliphatic heterocycles. The van der Waals surface area contributed by atoms with E-state index in [-0.39, 0.29) is 36.7 Å². The molecule has 1 heterocycles. The molecule has 4 aromatic rings. The highest BCUT2D eigenvalue weighted by atomic mass is 35.5. The topological polar surface area (TPSA) is 89.1 Å². The second-order valence-electron chi connectivity index (χ2n) is 13.5. The lowest BCUT2D eigenvalue weighted by molar-refractivity contribution is -0.138. The summed E-state index contributed by atoms with van der Waals surface area (Å²) in [5.74, 6) is -0.242. The average Bonchev–Trinajstić information content (AvgIpc) is 3.19. The maximum absolute atomic E-state index is 14.3. The number of carbonyl (C=O) groups is 2. The molecule has 2 amide bonds. The van der Waals surface area contributed by atoms with Crippen molar-refractivity contribution in [1.29, 1.82) is 0 Å². The minimum atomic E-state index is -1.17. The van der Waals surface area contributed by atoms with Gasteiger partial charge < -0.3 is 29.7 Å². The van der Waals surface area contributed by atoms with Crippen molar-refractivity contribution in [1.82, 2.24) is 10.6 Å².